The number of allylic oxidation sites excluding steroid dienone is 1. The molecule has 0 aliphatic carbocycles. The Kier molecular flexibility index (Phi) is 8.83. The molecule has 0 radical (unpaired) electrons. The highest BCUT2D eigenvalue weighted by atomic mass is 32.1. The number of hydrogen-bond donors (Lipinski definition) is 0. The summed E-state index contributed by atoms with van der Waals surface area (Å²) in [4.78, 5) is 45.9. The number of methoxy groups -OCH3 is 1. The van der Waals surface area contributed by atoms with Gasteiger partial charge in [0.2, 0.25) is 0 Å². The molecule has 3 heterocycles. The van der Waals surface area contributed by atoms with Gasteiger partial charge >= 0.3 is 5.97 Å². The van der Waals surface area contributed by atoms with Gasteiger partial charge in [0, 0.05) is 13.1 Å². The molecular formula is C30H30FN3O7S. The van der Waals surface area contributed by atoms with Crippen LogP contribution in [0.5, 0.6) is 11.5 Å². The lowest BCUT2D eigenvalue weighted by atomic mass is 9.96. The number of halogens is 1. The van der Waals surface area contributed by atoms with Crippen molar-refractivity contribution in [1.82, 2.24) is 9.47 Å². The van der Waals surface area contributed by atoms with Gasteiger partial charge in [-0.15, -0.1) is 0 Å². The number of morpholine rings is 1. The van der Waals surface area contributed by atoms with Crippen molar-refractivity contribution < 1.29 is 32.9 Å². The zero-order chi connectivity index (χ0) is 29.8. The Morgan fingerprint density at radius 3 is 2.57 bits per heavy atom. The molecule has 0 bridgehead atoms. The lowest BCUT2D eigenvalue weighted by Crippen LogP contribution is -2.43. The van der Waals surface area contributed by atoms with E-state index in [1.54, 1.807) is 55.2 Å². The van der Waals surface area contributed by atoms with Crippen LogP contribution in [0.4, 0.5) is 4.39 Å². The van der Waals surface area contributed by atoms with Crippen molar-refractivity contribution in [2.24, 2.45) is 4.99 Å². The number of ether oxygens (including phenoxy) is 4. The molecule has 0 unspecified atom stereocenters. The zero-order valence-corrected chi connectivity index (χ0v) is 24.2. The normalized spacial score (nSPS) is 17.0. The third kappa shape index (κ3) is 6.00. The van der Waals surface area contributed by atoms with Crippen LogP contribution in [0.25, 0.3) is 6.08 Å². The molecule has 0 spiro atoms. The van der Waals surface area contributed by atoms with Gasteiger partial charge in [0.25, 0.3) is 11.5 Å². The molecule has 12 heteroatoms. The number of rotatable bonds is 8. The van der Waals surface area contributed by atoms with Gasteiger partial charge in [-0.2, -0.15) is 0 Å². The van der Waals surface area contributed by atoms with Gasteiger partial charge in [-0.25, -0.2) is 14.2 Å². The molecule has 2 aliphatic rings. The molecule has 0 N–H and O–H groups in total. The highest BCUT2D eigenvalue weighted by molar-refractivity contribution is 7.07. The molecule has 2 aromatic carbocycles. The van der Waals surface area contributed by atoms with Gasteiger partial charge in [0.15, 0.2) is 22.9 Å². The summed E-state index contributed by atoms with van der Waals surface area (Å²) < 4.78 is 37.4. The largest absolute Gasteiger partial charge is 0.493 e. The van der Waals surface area contributed by atoms with Crippen LogP contribution in [0.2, 0.25) is 0 Å². The van der Waals surface area contributed by atoms with E-state index in [0.29, 0.717) is 64.0 Å². The maximum absolute atomic E-state index is 13.8. The number of carbonyl (C=O) groups excluding carboxylic acids is 2. The quantitative estimate of drug-likeness (QED) is 0.368. The summed E-state index contributed by atoms with van der Waals surface area (Å²) in [5, 5.41) is 0. The monoisotopic (exact) mass is 595 g/mol. The van der Waals surface area contributed by atoms with E-state index in [1.807, 2.05) is 0 Å². The molecule has 0 saturated carbocycles. The van der Waals surface area contributed by atoms with E-state index in [4.69, 9.17) is 18.9 Å². The molecule has 3 aromatic rings. The Morgan fingerprint density at radius 2 is 1.88 bits per heavy atom. The fourth-order valence-corrected chi connectivity index (χ4v) is 5.89. The second kappa shape index (κ2) is 12.7. The maximum atomic E-state index is 13.8. The van der Waals surface area contributed by atoms with E-state index in [2.05, 4.69) is 4.99 Å². The Bertz CT molecular complexity index is 1710. The van der Waals surface area contributed by atoms with Crippen molar-refractivity contribution in [3.8, 4) is 11.5 Å². The van der Waals surface area contributed by atoms with E-state index >= 15 is 0 Å². The number of esters is 1. The van der Waals surface area contributed by atoms with Crippen LogP contribution in [-0.2, 0) is 19.1 Å². The van der Waals surface area contributed by atoms with Crippen LogP contribution in [0.15, 0.2) is 63.5 Å². The molecule has 1 aromatic heterocycles. The van der Waals surface area contributed by atoms with E-state index in [1.165, 1.54) is 35.1 Å². The van der Waals surface area contributed by atoms with E-state index < -0.39 is 17.8 Å². The van der Waals surface area contributed by atoms with E-state index in [9.17, 15) is 18.8 Å². The first-order valence-electron chi connectivity index (χ1n) is 13.4. The highest BCUT2D eigenvalue weighted by Gasteiger charge is 2.33. The Labute approximate surface area is 244 Å². The number of carbonyl (C=O) groups is 2. The molecule has 10 nitrogen and oxygen atoms in total. The number of hydrogen-bond acceptors (Lipinski definition) is 9. The average molecular weight is 596 g/mol. The molecule has 1 saturated heterocycles. The summed E-state index contributed by atoms with van der Waals surface area (Å²) in [6.07, 6.45) is 1.69. The van der Waals surface area contributed by atoms with Gasteiger partial charge < -0.3 is 23.8 Å². The molecule has 2 aliphatic heterocycles. The summed E-state index contributed by atoms with van der Waals surface area (Å²) in [5.74, 6) is -0.371. The predicted molar refractivity (Wildman–Crippen MR) is 153 cm³/mol. The van der Waals surface area contributed by atoms with Crippen LogP contribution in [-0.4, -0.2) is 68.0 Å². The molecule has 42 heavy (non-hydrogen) atoms. The second-order valence-corrected chi connectivity index (χ2v) is 10.6. The van der Waals surface area contributed by atoms with Crippen molar-refractivity contribution >= 4 is 29.3 Å². The fourth-order valence-electron chi connectivity index (χ4n) is 4.84. The first kappa shape index (κ1) is 29.2. The first-order chi connectivity index (χ1) is 20.3. The Morgan fingerprint density at radius 1 is 1.14 bits per heavy atom. The minimum Gasteiger partial charge on any atom is -0.493 e. The molecule has 220 valence electrons. The van der Waals surface area contributed by atoms with Gasteiger partial charge in [-0.1, -0.05) is 29.5 Å². The van der Waals surface area contributed by atoms with Gasteiger partial charge in [0.1, 0.15) is 5.82 Å². The Hall–Kier alpha value is -4.29. The van der Waals surface area contributed by atoms with Crippen LogP contribution in [0.1, 0.15) is 31.0 Å². The lowest BCUT2D eigenvalue weighted by molar-refractivity contribution is -0.139. The van der Waals surface area contributed by atoms with E-state index in [-0.39, 0.29) is 30.3 Å². The molecular weight excluding hydrogens is 565 g/mol. The third-order valence-corrected chi connectivity index (χ3v) is 7.89. The van der Waals surface area contributed by atoms with Crippen molar-refractivity contribution in [1.29, 1.82) is 0 Å². The lowest BCUT2D eigenvalue weighted by Gasteiger charge is -2.26. The standard InChI is InChI=1S/C30H30FN3O7S/c1-4-40-29(37)26-18(2)32-30-34(27(26)20-6-8-21(31)9-7-20)28(36)24(42-30)16-19-5-10-22(23(15-19)38-3)41-17-25(35)33-11-13-39-14-12-33/h5-10,15-16,27H,4,11-14,17H2,1-3H3/b24-16+/t27-/m0/s1. The summed E-state index contributed by atoms with van der Waals surface area (Å²) >= 11 is 1.17. The van der Waals surface area contributed by atoms with Gasteiger partial charge in [-0.3, -0.25) is 14.2 Å². The Balaban J connectivity index is 1.49. The van der Waals surface area contributed by atoms with Crippen LogP contribution in [0.3, 0.4) is 0 Å². The van der Waals surface area contributed by atoms with Crippen molar-refractivity contribution in [2.45, 2.75) is 19.9 Å². The SMILES string of the molecule is CCOC(=O)C1=C(C)N=c2s/c(=C/c3ccc(OCC(=O)N4CCOCC4)c(OC)c3)c(=O)n2[C@H]1c1ccc(F)cc1. The van der Waals surface area contributed by atoms with Gasteiger partial charge in [0.05, 0.1) is 48.8 Å². The average Bonchev–Trinajstić information content (AvgIpc) is 3.30. The maximum Gasteiger partial charge on any atom is 0.338 e. The van der Waals surface area contributed by atoms with Gasteiger partial charge in [-0.05, 0) is 55.3 Å². The summed E-state index contributed by atoms with van der Waals surface area (Å²) in [5.41, 5.74) is 1.49. The van der Waals surface area contributed by atoms with Crippen molar-refractivity contribution in [2.75, 3.05) is 46.6 Å². The fraction of sp³-hybridized carbons (Fsp3) is 0.333. The molecule has 5 rings (SSSR count). The number of benzene rings is 2. The number of thiazole rings is 1. The minimum atomic E-state index is -0.836. The number of aromatic nitrogens is 1. The van der Waals surface area contributed by atoms with Crippen LogP contribution >= 0.6 is 11.3 Å². The smallest absolute Gasteiger partial charge is 0.338 e. The summed E-state index contributed by atoms with van der Waals surface area (Å²) in [6, 6.07) is 9.96. The molecule has 1 amide bonds. The minimum absolute atomic E-state index is 0.139. The first-order valence-corrected chi connectivity index (χ1v) is 14.2. The van der Waals surface area contributed by atoms with Crippen molar-refractivity contribution in [3.63, 3.8) is 0 Å². The number of nitrogens with zero attached hydrogens (tertiary/aromatic N) is 3. The van der Waals surface area contributed by atoms with Crippen LogP contribution in [0, 0.1) is 5.82 Å². The summed E-state index contributed by atoms with van der Waals surface area (Å²) in [7, 11) is 1.49. The third-order valence-electron chi connectivity index (χ3n) is 6.90. The van der Waals surface area contributed by atoms with Crippen molar-refractivity contribution in [3.05, 3.63) is 90.4 Å². The second-order valence-electron chi connectivity index (χ2n) is 9.55. The molecule has 1 atom stereocenters. The topological polar surface area (TPSA) is 109 Å². The number of amides is 1. The predicted octanol–water partition coefficient (Wildman–Crippen LogP) is 2.18. The highest BCUT2D eigenvalue weighted by Crippen LogP contribution is 2.31. The molecule has 1 fully saturated rings. The van der Waals surface area contributed by atoms with E-state index in [0.717, 1.165) is 0 Å². The van der Waals surface area contributed by atoms with Crippen LogP contribution < -0.4 is 24.4 Å². The summed E-state index contributed by atoms with van der Waals surface area (Å²) in [6.45, 7) is 5.46. The number of fused-ring (bicyclic) bond motifs is 1. The zero-order valence-electron chi connectivity index (χ0n) is 23.4.